The molecular weight excluding hydrogens is 654 g/mol. The zero-order valence-corrected chi connectivity index (χ0v) is 32.0. The Hall–Kier alpha value is -1.70. The van der Waals surface area contributed by atoms with E-state index in [4.69, 9.17) is 33.2 Å². The van der Waals surface area contributed by atoms with Crippen LogP contribution in [0.3, 0.4) is 0 Å². The van der Waals surface area contributed by atoms with Crippen molar-refractivity contribution in [1.29, 1.82) is 0 Å². The van der Waals surface area contributed by atoms with Crippen molar-refractivity contribution in [2.24, 2.45) is 35.5 Å². The summed E-state index contributed by atoms with van der Waals surface area (Å²) in [5, 5.41) is 11.1. The van der Waals surface area contributed by atoms with E-state index in [1.54, 1.807) is 14.2 Å². The summed E-state index contributed by atoms with van der Waals surface area (Å²) in [6.45, 7) is 8.06. The Morgan fingerprint density at radius 2 is 1.69 bits per heavy atom. The molecule has 3 heterocycles. The number of methoxy groups -OCH3 is 2. The van der Waals surface area contributed by atoms with Crippen LogP contribution in [0, 0.1) is 35.5 Å². The van der Waals surface area contributed by atoms with Crippen LogP contribution in [-0.4, -0.2) is 118 Å². The van der Waals surface area contributed by atoms with Crippen molar-refractivity contribution in [1.82, 2.24) is 4.90 Å². The number of hydrogen-bond donors (Lipinski definition) is 1. The number of nitrogens with zero attached hydrogens (tertiary/aromatic N) is 1. The van der Waals surface area contributed by atoms with E-state index in [1.807, 2.05) is 13.8 Å². The quantitative estimate of drug-likeness (QED) is 0.267. The molecule has 11 heteroatoms. The maximum Gasteiger partial charge on any atom is 0.306 e. The lowest BCUT2D eigenvalue weighted by Crippen LogP contribution is -2.59. The summed E-state index contributed by atoms with van der Waals surface area (Å²) >= 11 is 0. The van der Waals surface area contributed by atoms with E-state index in [0.717, 1.165) is 50.5 Å². The Bertz CT molecular complexity index is 1280. The first-order valence-corrected chi connectivity index (χ1v) is 19.6. The first-order valence-electron chi connectivity index (χ1n) is 19.6. The van der Waals surface area contributed by atoms with Crippen molar-refractivity contribution in [2.75, 3.05) is 28.3 Å². The van der Waals surface area contributed by atoms with Gasteiger partial charge in [0.25, 0.3) is 0 Å². The van der Waals surface area contributed by atoms with Gasteiger partial charge in [-0.3, -0.25) is 9.59 Å². The first-order chi connectivity index (χ1) is 24.4. The van der Waals surface area contributed by atoms with Gasteiger partial charge in [0.15, 0.2) is 18.4 Å². The molecule has 0 spiro atoms. The molecule has 6 aliphatic rings. The molecule has 6 rings (SSSR count). The molecule has 3 aliphatic carbocycles. The van der Waals surface area contributed by atoms with Gasteiger partial charge in [-0.25, -0.2) is 0 Å². The molecule has 0 aromatic heterocycles. The molecule has 1 saturated carbocycles. The highest BCUT2D eigenvalue weighted by atomic mass is 16.7. The highest BCUT2D eigenvalue weighted by molar-refractivity contribution is 5.99. The largest absolute Gasteiger partial charge is 0.462 e. The highest BCUT2D eigenvalue weighted by Crippen LogP contribution is 2.54. The number of hydrogen-bond acceptors (Lipinski definition) is 11. The van der Waals surface area contributed by atoms with Crippen LogP contribution in [0.15, 0.2) is 23.8 Å². The van der Waals surface area contributed by atoms with Crippen LogP contribution in [-0.2, 0) is 42.7 Å². The average Bonchev–Trinajstić information content (AvgIpc) is 3.68. The summed E-state index contributed by atoms with van der Waals surface area (Å²) in [4.78, 5) is 30.3. The normalized spacial score (nSPS) is 46.4. The number of allylic oxidation sites excluding steroid dienone is 4. The molecule has 0 bridgehead atoms. The molecule has 0 unspecified atom stereocenters. The summed E-state index contributed by atoms with van der Waals surface area (Å²) in [7, 11) is 7.32. The van der Waals surface area contributed by atoms with E-state index < -0.39 is 24.6 Å². The van der Waals surface area contributed by atoms with Crippen molar-refractivity contribution < 1.29 is 49.3 Å². The van der Waals surface area contributed by atoms with E-state index in [9.17, 15) is 14.7 Å². The number of ketones is 1. The third-order valence-corrected chi connectivity index (χ3v) is 13.0. The molecule has 0 aromatic rings. The molecule has 290 valence electrons. The van der Waals surface area contributed by atoms with Gasteiger partial charge in [-0.2, -0.15) is 0 Å². The number of fused-ring (bicyclic) bond motifs is 5. The summed E-state index contributed by atoms with van der Waals surface area (Å²) < 4.78 is 42.8. The van der Waals surface area contributed by atoms with Crippen LogP contribution in [0.25, 0.3) is 0 Å². The van der Waals surface area contributed by atoms with E-state index in [-0.39, 0.29) is 91.9 Å². The monoisotopic (exact) mass is 719 g/mol. The summed E-state index contributed by atoms with van der Waals surface area (Å²) in [5.41, 5.74) is 0.741. The Morgan fingerprint density at radius 1 is 0.922 bits per heavy atom. The summed E-state index contributed by atoms with van der Waals surface area (Å²) in [5.74, 6) is -0.183. The van der Waals surface area contributed by atoms with E-state index >= 15 is 0 Å². The van der Waals surface area contributed by atoms with Gasteiger partial charge >= 0.3 is 5.97 Å². The van der Waals surface area contributed by atoms with Crippen molar-refractivity contribution in [3.8, 4) is 0 Å². The van der Waals surface area contributed by atoms with Gasteiger partial charge in [0.05, 0.1) is 30.8 Å². The number of rotatable bonds is 8. The number of esters is 1. The van der Waals surface area contributed by atoms with Crippen molar-refractivity contribution in [3.05, 3.63) is 23.8 Å². The number of Topliss-reactive ketones (excluding diaryl/α,β-unsaturated/α-hetero) is 1. The van der Waals surface area contributed by atoms with Crippen molar-refractivity contribution in [3.63, 3.8) is 0 Å². The Morgan fingerprint density at radius 3 is 2.37 bits per heavy atom. The van der Waals surface area contributed by atoms with Gasteiger partial charge in [0, 0.05) is 33.5 Å². The zero-order valence-electron chi connectivity index (χ0n) is 32.0. The third kappa shape index (κ3) is 8.21. The summed E-state index contributed by atoms with van der Waals surface area (Å²) in [6, 6.07) is 0.333. The molecular formula is C40H65NO10. The lowest BCUT2D eigenvalue weighted by Gasteiger charge is -2.42. The second kappa shape index (κ2) is 16.8. The predicted octanol–water partition coefficient (Wildman–Crippen LogP) is 5.08. The standard InChI is InChI=1S/C40H63NO10.H2/c1-9-25-11-10-12-33(51-35-16-15-32(41(5)6)22(3)47-35)21(2)36(43)31-19-29-27(30(31)20-34(42)49-25)14-13-24-17-26(18-28(24)29)50-40-37(44)39(46-8)38(45-7)23(4)48-40;/h13-14,19,21-30,32-33,35,37-40,44H,9-12,15-18,20H2,1-8H3;1H/t21-,22-,23+,24-,25+,26-,27-,28-,29-,30+,32+,33+,35-,37-,38+,39+,40+;/m1./s1. The van der Waals surface area contributed by atoms with Crippen molar-refractivity contribution in [2.45, 2.75) is 153 Å². The number of carbonyl (C=O) groups is 2. The fourth-order valence-electron chi connectivity index (χ4n) is 10.2. The molecule has 3 saturated heterocycles. The topological polar surface area (TPSA) is 122 Å². The second-order valence-corrected chi connectivity index (χ2v) is 16.3. The van der Waals surface area contributed by atoms with Gasteiger partial charge in [-0.15, -0.1) is 0 Å². The van der Waals surface area contributed by atoms with Crippen LogP contribution in [0.4, 0.5) is 0 Å². The number of likely N-dealkylation sites (N-methyl/N-ethyl adjacent to an activating group) is 1. The minimum atomic E-state index is -0.990. The van der Waals surface area contributed by atoms with Crippen LogP contribution in [0.1, 0.15) is 86.9 Å². The highest BCUT2D eigenvalue weighted by Gasteiger charge is 2.52. The second-order valence-electron chi connectivity index (χ2n) is 16.3. The van der Waals surface area contributed by atoms with Crippen LogP contribution >= 0.6 is 0 Å². The van der Waals surface area contributed by atoms with Gasteiger partial charge in [0.1, 0.15) is 24.4 Å². The number of aliphatic hydroxyl groups is 1. The number of ether oxygens (including phenoxy) is 7. The molecule has 3 aliphatic heterocycles. The van der Waals surface area contributed by atoms with Crippen LogP contribution in [0.5, 0.6) is 0 Å². The molecule has 0 radical (unpaired) electrons. The van der Waals surface area contributed by atoms with Gasteiger partial charge in [0.2, 0.25) is 0 Å². The molecule has 4 fully saturated rings. The fraction of sp³-hybridized carbons (Fsp3) is 0.850. The van der Waals surface area contributed by atoms with Gasteiger partial charge in [-0.05, 0) is 109 Å². The Labute approximate surface area is 306 Å². The summed E-state index contributed by atoms with van der Waals surface area (Å²) in [6.07, 6.45) is 9.18. The molecule has 11 nitrogen and oxygen atoms in total. The van der Waals surface area contributed by atoms with Crippen LogP contribution < -0.4 is 0 Å². The number of cyclic esters (lactones) is 1. The Balaban J connectivity index is 0.00000523. The fourth-order valence-corrected chi connectivity index (χ4v) is 10.2. The third-order valence-electron chi connectivity index (χ3n) is 13.0. The van der Waals surface area contributed by atoms with E-state index in [1.165, 1.54) is 0 Å². The maximum atomic E-state index is 14.6. The first kappa shape index (κ1) is 39.0. The lowest BCUT2D eigenvalue weighted by molar-refractivity contribution is -0.310. The molecule has 17 atom stereocenters. The predicted molar refractivity (Wildman–Crippen MR) is 192 cm³/mol. The zero-order chi connectivity index (χ0) is 36.6. The minimum absolute atomic E-state index is 0. The minimum Gasteiger partial charge on any atom is -0.462 e. The smallest absolute Gasteiger partial charge is 0.306 e. The Kier molecular flexibility index (Phi) is 12.8. The number of aliphatic hydroxyl groups excluding tert-OH is 1. The van der Waals surface area contributed by atoms with Crippen molar-refractivity contribution >= 4 is 11.8 Å². The average molecular weight is 720 g/mol. The molecule has 51 heavy (non-hydrogen) atoms. The van der Waals surface area contributed by atoms with Gasteiger partial charge in [-0.1, -0.05) is 32.1 Å². The van der Waals surface area contributed by atoms with Crippen LogP contribution in [0.2, 0.25) is 0 Å². The number of carbonyl (C=O) groups excluding carboxylic acids is 2. The molecule has 0 aromatic carbocycles. The van der Waals surface area contributed by atoms with Gasteiger partial charge < -0.3 is 43.2 Å². The SMILES string of the molecule is CC[C@H]1CCC[C@H](O[C@@H]2CC[C@H](N(C)C)[C@@H](C)O2)[C@@H](C)C(=O)C2=C[C@@H]3[C@@H](C=C[C@@H]4C[C@@H](O[C@@H]5O[C@@H](C)[C@H](OC)[C@@H](OC)[C@H]5O)C[C@@H]34)[C@@H]2CC(=O)O1.[HH]. The van der Waals surface area contributed by atoms with E-state index in [2.05, 4.69) is 51.1 Å². The molecule has 0 amide bonds. The lowest BCUT2D eigenvalue weighted by atomic mass is 9.70. The molecule has 1 N–H and O–H groups in total. The maximum absolute atomic E-state index is 14.6. The van der Waals surface area contributed by atoms with E-state index in [0.29, 0.717) is 12.5 Å².